The highest BCUT2D eigenvalue weighted by molar-refractivity contribution is 7.92. The van der Waals surface area contributed by atoms with Crippen LogP contribution in [0.4, 0.5) is 23.2 Å². The number of hydrogen-bond donors (Lipinski definition) is 1. The Kier molecular flexibility index (Phi) is 2.81. The highest BCUT2D eigenvalue weighted by Gasteiger charge is 2.65. The van der Waals surface area contributed by atoms with Crippen LogP contribution in [0.3, 0.4) is 0 Å². The third kappa shape index (κ3) is 2.67. The van der Waals surface area contributed by atoms with E-state index < -0.39 is 33.7 Å². The first-order valence-electron chi connectivity index (χ1n) is 4.76. The zero-order valence-electron chi connectivity index (χ0n) is 9.29. The summed E-state index contributed by atoms with van der Waals surface area (Å²) in [5.74, 6) is -1.31. The molecule has 0 saturated heterocycles. The van der Waals surface area contributed by atoms with Gasteiger partial charge in [0.15, 0.2) is 11.5 Å². The van der Waals surface area contributed by atoms with E-state index in [1.165, 1.54) is 0 Å². The fourth-order valence-corrected chi connectivity index (χ4v) is 1.90. The molecule has 1 aromatic carbocycles. The van der Waals surface area contributed by atoms with E-state index in [1.54, 1.807) is 0 Å². The Morgan fingerprint density at radius 3 is 2.11 bits per heavy atom. The summed E-state index contributed by atoms with van der Waals surface area (Å²) < 4.78 is 83.0. The van der Waals surface area contributed by atoms with Gasteiger partial charge in [-0.1, -0.05) is 0 Å². The van der Waals surface area contributed by atoms with Crippen molar-refractivity contribution in [2.45, 2.75) is 12.2 Å². The van der Waals surface area contributed by atoms with Crippen molar-refractivity contribution in [3.63, 3.8) is 0 Å². The second-order valence-corrected chi connectivity index (χ2v) is 5.52. The molecule has 0 bridgehead atoms. The summed E-state index contributed by atoms with van der Waals surface area (Å²) >= 11 is 0. The van der Waals surface area contributed by atoms with Gasteiger partial charge in [0.25, 0.3) is 0 Å². The number of ether oxygens (including phenoxy) is 2. The van der Waals surface area contributed by atoms with Crippen molar-refractivity contribution in [3.05, 3.63) is 18.2 Å². The van der Waals surface area contributed by atoms with Crippen LogP contribution >= 0.6 is 0 Å². The van der Waals surface area contributed by atoms with Gasteiger partial charge in [0.2, 0.25) is 10.0 Å². The number of nitrogens with one attached hydrogen (secondary N) is 1. The lowest BCUT2D eigenvalue weighted by atomic mass is 10.2. The zero-order chi connectivity index (χ0) is 14.5. The first kappa shape index (κ1) is 13.7. The molecule has 0 aliphatic carbocycles. The van der Waals surface area contributed by atoms with E-state index in [-0.39, 0.29) is 5.69 Å². The van der Waals surface area contributed by atoms with Gasteiger partial charge >= 0.3 is 12.2 Å². The Labute approximate surface area is 105 Å². The minimum atomic E-state index is -4.84. The van der Waals surface area contributed by atoms with E-state index in [0.29, 0.717) is 0 Å². The molecule has 0 spiro atoms. The number of sulfonamides is 1. The Morgan fingerprint density at radius 1 is 1.05 bits per heavy atom. The van der Waals surface area contributed by atoms with Gasteiger partial charge < -0.3 is 9.47 Å². The predicted molar refractivity (Wildman–Crippen MR) is 56.1 cm³/mol. The Balaban J connectivity index is 2.38. The molecule has 0 amide bonds. The molecule has 1 aromatic rings. The van der Waals surface area contributed by atoms with Crippen molar-refractivity contribution in [1.82, 2.24) is 0 Å². The number of anilines is 1. The number of rotatable bonds is 2. The normalized spacial score (nSPS) is 19.8. The van der Waals surface area contributed by atoms with Crippen LogP contribution in [0.1, 0.15) is 0 Å². The van der Waals surface area contributed by atoms with E-state index in [2.05, 4.69) is 9.47 Å². The molecule has 1 aliphatic heterocycles. The van der Waals surface area contributed by atoms with E-state index in [1.807, 2.05) is 4.72 Å². The van der Waals surface area contributed by atoms with E-state index >= 15 is 0 Å². The lowest BCUT2D eigenvalue weighted by molar-refractivity contribution is -0.391. The zero-order valence-corrected chi connectivity index (χ0v) is 10.1. The molecule has 0 fully saturated rings. The lowest BCUT2D eigenvalue weighted by Gasteiger charge is -2.31. The van der Waals surface area contributed by atoms with Crippen LogP contribution in [-0.4, -0.2) is 26.9 Å². The van der Waals surface area contributed by atoms with Gasteiger partial charge in [-0.2, -0.15) is 17.6 Å². The van der Waals surface area contributed by atoms with Crippen LogP contribution < -0.4 is 14.2 Å². The molecule has 1 heterocycles. The van der Waals surface area contributed by atoms with Crippen molar-refractivity contribution in [2.75, 3.05) is 11.0 Å². The summed E-state index contributed by atoms with van der Waals surface area (Å²) in [6, 6.07) is 2.79. The maximum absolute atomic E-state index is 12.9. The number of hydrogen-bond acceptors (Lipinski definition) is 4. The molecule has 2 rings (SSSR count). The van der Waals surface area contributed by atoms with Crippen molar-refractivity contribution in [1.29, 1.82) is 0 Å². The standard InChI is InChI=1S/C9H7F4NO4S/c1-19(15,16)14-5-2-3-6-7(4-5)18-9(12,13)8(10,11)17-6/h2-4,14H,1H3. The third-order valence-corrected chi connectivity index (χ3v) is 2.67. The molecule has 1 N–H and O–H groups in total. The summed E-state index contributed by atoms with van der Waals surface area (Å²) in [5.41, 5.74) is -0.120. The monoisotopic (exact) mass is 301 g/mol. The smallest absolute Gasteiger partial charge is 0.421 e. The van der Waals surface area contributed by atoms with Crippen LogP contribution in [0, 0.1) is 0 Å². The number of halogens is 4. The van der Waals surface area contributed by atoms with Crippen LogP contribution in [0.25, 0.3) is 0 Å². The average Bonchev–Trinajstić information content (AvgIpc) is 2.17. The van der Waals surface area contributed by atoms with Crippen molar-refractivity contribution in [3.8, 4) is 11.5 Å². The summed E-state index contributed by atoms with van der Waals surface area (Å²) in [5, 5.41) is 0. The maximum Gasteiger partial charge on any atom is 0.507 e. The third-order valence-electron chi connectivity index (χ3n) is 2.06. The van der Waals surface area contributed by atoms with Crippen LogP contribution in [-0.2, 0) is 10.0 Å². The van der Waals surface area contributed by atoms with E-state index in [0.717, 1.165) is 24.5 Å². The molecule has 5 nitrogen and oxygen atoms in total. The predicted octanol–water partition coefficient (Wildman–Crippen LogP) is 2.01. The van der Waals surface area contributed by atoms with Crippen molar-refractivity contribution < 1.29 is 35.5 Å². The summed E-state index contributed by atoms with van der Waals surface area (Å²) in [7, 11) is -3.64. The summed E-state index contributed by atoms with van der Waals surface area (Å²) in [4.78, 5) is 0. The first-order chi connectivity index (χ1) is 8.50. The van der Waals surface area contributed by atoms with Gasteiger partial charge in [-0.25, -0.2) is 8.42 Å². The van der Waals surface area contributed by atoms with Crippen LogP contribution in [0.15, 0.2) is 18.2 Å². The Hall–Kier alpha value is -1.71. The second kappa shape index (κ2) is 3.89. The molecule has 0 atom stereocenters. The molecule has 1 aliphatic rings. The lowest BCUT2D eigenvalue weighted by Crippen LogP contribution is -2.52. The minimum absolute atomic E-state index is 0.120. The van der Waals surface area contributed by atoms with Gasteiger partial charge in [-0.15, -0.1) is 0 Å². The molecule has 19 heavy (non-hydrogen) atoms. The topological polar surface area (TPSA) is 64.6 Å². The molecule has 0 unspecified atom stereocenters. The molecule has 10 heteroatoms. The van der Waals surface area contributed by atoms with Gasteiger partial charge in [0.05, 0.1) is 11.9 Å². The molecular formula is C9H7F4NO4S. The van der Waals surface area contributed by atoms with Gasteiger partial charge in [0.1, 0.15) is 0 Å². The summed E-state index contributed by atoms with van der Waals surface area (Å²) in [6.07, 6.45) is -8.80. The highest BCUT2D eigenvalue weighted by atomic mass is 32.2. The SMILES string of the molecule is CS(=O)(=O)Nc1ccc2c(c1)OC(F)(F)C(F)(F)O2. The van der Waals surface area contributed by atoms with E-state index in [4.69, 9.17) is 0 Å². The largest absolute Gasteiger partial charge is 0.507 e. The number of benzene rings is 1. The highest BCUT2D eigenvalue weighted by Crippen LogP contribution is 2.47. The molecular weight excluding hydrogens is 294 g/mol. The number of alkyl halides is 4. The Bertz CT molecular complexity index is 617. The average molecular weight is 301 g/mol. The minimum Gasteiger partial charge on any atom is -0.421 e. The van der Waals surface area contributed by atoms with Gasteiger partial charge in [-0.3, -0.25) is 4.72 Å². The Morgan fingerprint density at radius 2 is 1.58 bits per heavy atom. The van der Waals surface area contributed by atoms with Crippen molar-refractivity contribution >= 4 is 15.7 Å². The molecule has 0 radical (unpaired) electrons. The number of fused-ring (bicyclic) bond motifs is 1. The fourth-order valence-electron chi connectivity index (χ4n) is 1.34. The summed E-state index contributed by atoms with van der Waals surface area (Å²) in [6.45, 7) is 0. The van der Waals surface area contributed by atoms with Gasteiger partial charge in [0, 0.05) is 6.07 Å². The van der Waals surface area contributed by atoms with Gasteiger partial charge in [-0.05, 0) is 12.1 Å². The quantitative estimate of drug-likeness (QED) is 0.849. The second-order valence-electron chi connectivity index (χ2n) is 3.77. The van der Waals surface area contributed by atoms with Crippen LogP contribution in [0.5, 0.6) is 11.5 Å². The fraction of sp³-hybridized carbons (Fsp3) is 0.333. The molecule has 106 valence electrons. The molecule has 0 saturated carbocycles. The first-order valence-corrected chi connectivity index (χ1v) is 6.65. The molecule has 0 aromatic heterocycles. The van der Waals surface area contributed by atoms with E-state index in [9.17, 15) is 26.0 Å². The van der Waals surface area contributed by atoms with Crippen molar-refractivity contribution in [2.24, 2.45) is 0 Å². The maximum atomic E-state index is 12.9. The van der Waals surface area contributed by atoms with Crippen LogP contribution in [0.2, 0.25) is 0 Å².